The first kappa shape index (κ1) is 15.7. The molecule has 0 atom stereocenters. The van der Waals surface area contributed by atoms with Crippen molar-refractivity contribution < 1.29 is 0 Å². The largest absolute Gasteiger partial charge is 0.352 e. The van der Waals surface area contributed by atoms with Gasteiger partial charge in [0.05, 0.1) is 0 Å². The number of rotatable bonds is 5. The molecule has 0 aromatic carbocycles. The van der Waals surface area contributed by atoms with E-state index < -0.39 is 0 Å². The summed E-state index contributed by atoms with van der Waals surface area (Å²) >= 11 is 0. The molecule has 4 rings (SSSR count). The maximum absolute atomic E-state index is 11.6. The van der Waals surface area contributed by atoms with Crippen LogP contribution in [0.4, 0.5) is 5.82 Å². The molecule has 0 amide bonds. The van der Waals surface area contributed by atoms with Gasteiger partial charge < -0.3 is 4.90 Å². The van der Waals surface area contributed by atoms with Crippen LogP contribution in [0.3, 0.4) is 0 Å². The average molecular weight is 340 g/mol. The lowest BCUT2D eigenvalue weighted by Gasteiger charge is -2.44. The van der Waals surface area contributed by atoms with Gasteiger partial charge in [-0.15, -0.1) is 15.3 Å². The van der Waals surface area contributed by atoms with Gasteiger partial charge in [-0.3, -0.25) is 9.47 Å². The minimum Gasteiger partial charge on any atom is -0.352 e. The normalized spacial score (nSPS) is 15.1. The molecule has 1 fully saturated rings. The fraction of sp³-hybridized carbons (Fsp3) is 0.438. The van der Waals surface area contributed by atoms with Crippen LogP contribution in [0.1, 0.15) is 5.82 Å². The SMILES string of the molecule is Cc1nnc2ccc(N3CC(N(C)CCn4cccnc4=O)C3)nn12. The zero-order valence-electron chi connectivity index (χ0n) is 14.3. The highest BCUT2D eigenvalue weighted by molar-refractivity contribution is 5.47. The number of nitrogens with zero attached hydrogens (tertiary/aromatic N) is 8. The molecule has 3 aromatic heterocycles. The number of aryl methyl sites for hydroxylation is 1. The molecule has 1 saturated heterocycles. The molecule has 0 unspecified atom stereocenters. The molecule has 0 N–H and O–H groups in total. The van der Waals surface area contributed by atoms with Crippen molar-refractivity contribution in [2.24, 2.45) is 0 Å². The molecule has 1 aliphatic rings. The van der Waals surface area contributed by atoms with Crippen LogP contribution < -0.4 is 10.6 Å². The Kier molecular flexibility index (Phi) is 3.92. The van der Waals surface area contributed by atoms with Crippen LogP contribution in [-0.2, 0) is 6.54 Å². The summed E-state index contributed by atoms with van der Waals surface area (Å²) in [6.07, 6.45) is 3.30. The van der Waals surface area contributed by atoms with Crippen molar-refractivity contribution in [1.29, 1.82) is 0 Å². The number of anilines is 1. The first-order chi connectivity index (χ1) is 12.1. The first-order valence-electron chi connectivity index (χ1n) is 8.27. The average Bonchev–Trinajstić information content (AvgIpc) is 2.94. The molecule has 1 aliphatic heterocycles. The van der Waals surface area contributed by atoms with Gasteiger partial charge in [-0.25, -0.2) is 9.78 Å². The Morgan fingerprint density at radius 3 is 2.92 bits per heavy atom. The minimum absolute atomic E-state index is 0.201. The summed E-state index contributed by atoms with van der Waals surface area (Å²) in [5, 5.41) is 12.7. The van der Waals surface area contributed by atoms with Crippen LogP contribution in [-0.4, -0.2) is 67.0 Å². The number of aromatic nitrogens is 6. The molecule has 0 radical (unpaired) electrons. The van der Waals surface area contributed by atoms with Crippen molar-refractivity contribution in [2.45, 2.75) is 19.5 Å². The minimum atomic E-state index is -0.201. The summed E-state index contributed by atoms with van der Waals surface area (Å²) in [5.41, 5.74) is 0.560. The summed E-state index contributed by atoms with van der Waals surface area (Å²) in [7, 11) is 2.09. The molecular weight excluding hydrogens is 320 g/mol. The number of hydrogen-bond donors (Lipinski definition) is 0. The van der Waals surface area contributed by atoms with Crippen molar-refractivity contribution in [1.82, 2.24) is 34.3 Å². The Hall–Kier alpha value is -2.81. The summed E-state index contributed by atoms with van der Waals surface area (Å²) < 4.78 is 3.40. The number of likely N-dealkylation sites (N-methyl/N-ethyl adjacent to an activating group) is 1. The van der Waals surface area contributed by atoms with Crippen LogP contribution in [0, 0.1) is 6.92 Å². The third-order valence-electron chi connectivity index (χ3n) is 4.69. The lowest BCUT2D eigenvalue weighted by atomic mass is 10.1. The second-order valence-electron chi connectivity index (χ2n) is 6.34. The third-order valence-corrected chi connectivity index (χ3v) is 4.69. The fourth-order valence-electron chi connectivity index (χ4n) is 2.98. The van der Waals surface area contributed by atoms with Gasteiger partial charge in [-0.05, 0) is 32.2 Å². The Morgan fingerprint density at radius 1 is 1.28 bits per heavy atom. The Balaban J connectivity index is 1.35. The first-order valence-corrected chi connectivity index (χ1v) is 8.27. The standard InChI is InChI=1S/C16H20N8O/c1-12-18-19-14-4-5-15(20-24(12)14)23-10-13(11-23)21(2)8-9-22-7-3-6-17-16(22)25/h3-7,13H,8-11H2,1-2H3. The monoisotopic (exact) mass is 340 g/mol. The zero-order chi connectivity index (χ0) is 17.4. The van der Waals surface area contributed by atoms with E-state index in [0.29, 0.717) is 12.6 Å². The van der Waals surface area contributed by atoms with Gasteiger partial charge in [-0.2, -0.15) is 4.52 Å². The van der Waals surface area contributed by atoms with E-state index in [9.17, 15) is 4.79 Å². The number of hydrogen-bond acceptors (Lipinski definition) is 7. The van der Waals surface area contributed by atoms with Gasteiger partial charge in [0.15, 0.2) is 11.5 Å². The van der Waals surface area contributed by atoms with Crippen LogP contribution in [0.25, 0.3) is 5.65 Å². The Bertz CT molecular complexity index is 942. The summed E-state index contributed by atoms with van der Waals surface area (Å²) in [6.45, 7) is 5.17. The lowest BCUT2D eigenvalue weighted by Crippen LogP contribution is -2.59. The van der Waals surface area contributed by atoms with Gasteiger partial charge in [0.25, 0.3) is 0 Å². The molecule has 9 heteroatoms. The predicted octanol–water partition coefficient (Wildman–Crippen LogP) is -0.190. The van der Waals surface area contributed by atoms with Crippen LogP contribution >= 0.6 is 0 Å². The highest BCUT2D eigenvalue weighted by atomic mass is 16.1. The van der Waals surface area contributed by atoms with E-state index in [2.05, 4.69) is 37.1 Å². The van der Waals surface area contributed by atoms with E-state index in [0.717, 1.165) is 36.9 Å². The van der Waals surface area contributed by atoms with E-state index in [1.807, 2.05) is 19.1 Å². The van der Waals surface area contributed by atoms with Crippen LogP contribution in [0.5, 0.6) is 0 Å². The Morgan fingerprint density at radius 2 is 2.12 bits per heavy atom. The second kappa shape index (κ2) is 6.25. The molecular formula is C16H20N8O. The topological polar surface area (TPSA) is 84.5 Å². The van der Waals surface area contributed by atoms with E-state index in [-0.39, 0.29) is 5.69 Å². The molecule has 0 spiro atoms. The van der Waals surface area contributed by atoms with Gasteiger partial charge in [0.2, 0.25) is 0 Å². The smallest absolute Gasteiger partial charge is 0.347 e. The van der Waals surface area contributed by atoms with Crippen molar-refractivity contribution in [3.05, 3.63) is 46.9 Å². The highest BCUT2D eigenvalue weighted by Gasteiger charge is 2.31. The van der Waals surface area contributed by atoms with E-state index >= 15 is 0 Å². The molecule has 9 nitrogen and oxygen atoms in total. The molecule has 0 aliphatic carbocycles. The summed E-state index contributed by atoms with van der Waals surface area (Å²) in [5.74, 6) is 1.72. The van der Waals surface area contributed by atoms with E-state index in [1.54, 1.807) is 21.3 Å². The molecule has 0 bridgehead atoms. The lowest BCUT2D eigenvalue weighted by molar-refractivity contribution is 0.196. The quantitative estimate of drug-likeness (QED) is 0.636. The summed E-state index contributed by atoms with van der Waals surface area (Å²) in [6, 6.07) is 6.15. The molecule has 3 aromatic rings. The second-order valence-corrected chi connectivity index (χ2v) is 6.34. The maximum Gasteiger partial charge on any atom is 0.347 e. The summed E-state index contributed by atoms with van der Waals surface area (Å²) in [4.78, 5) is 19.9. The van der Waals surface area contributed by atoms with Crippen molar-refractivity contribution in [2.75, 3.05) is 31.6 Å². The predicted molar refractivity (Wildman–Crippen MR) is 92.6 cm³/mol. The zero-order valence-corrected chi connectivity index (χ0v) is 14.3. The van der Waals surface area contributed by atoms with Crippen LogP contribution in [0.15, 0.2) is 35.4 Å². The van der Waals surface area contributed by atoms with Crippen molar-refractivity contribution in [3.63, 3.8) is 0 Å². The number of fused-ring (bicyclic) bond motifs is 1. The Labute approximate surface area is 144 Å². The molecule has 4 heterocycles. The fourth-order valence-corrected chi connectivity index (χ4v) is 2.98. The highest BCUT2D eigenvalue weighted by Crippen LogP contribution is 2.21. The van der Waals surface area contributed by atoms with Crippen molar-refractivity contribution in [3.8, 4) is 0 Å². The van der Waals surface area contributed by atoms with Crippen LogP contribution in [0.2, 0.25) is 0 Å². The maximum atomic E-state index is 11.6. The third kappa shape index (κ3) is 2.98. The molecule has 130 valence electrons. The molecule has 25 heavy (non-hydrogen) atoms. The van der Waals surface area contributed by atoms with Crippen molar-refractivity contribution >= 4 is 11.5 Å². The molecule has 0 saturated carbocycles. The van der Waals surface area contributed by atoms with E-state index in [1.165, 1.54) is 6.20 Å². The van der Waals surface area contributed by atoms with Gasteiger partial charge in [-0.1, -0.05) is 0 Å². The van der Waals surface area contributed by atoms with E-state index in [4.69, 9.17) is 0 Å². The van der Waals surface area contributed by atoms with Gasteiger partial charge in [0, 0.05) is 44.6 Å². The van der Waals surface area contributed by atoms with Gasteiger partial charge >= 0.3 is 5.69 Å². The van der Waals surface area contributed by atoms with Gasteiger partial charge in [0.1, 0.15) is 5.82 Å².